The first-order valence-electron chi connectivity index (χ1n) is 9.22. The van der Waals surface area contributed by atoms with Gasteiger partial charge in [0.15, 0.2) is 5.78 Å². The molecule has 0 atom stereocenters. The van der Waals surface area contributed by atoms with Gasteiger partial charge in [-0.25, -0.2) is 0 Å². The molecule has 0 bridgehead atoms. The van der Waals surface area contributed by atoms with Crippen LogP contribution in [0.3, 0.4) is 0 Å². The lowest BCUT2D eigenvalue weighted by Crippen LogP contribution is -2.30. The Morgan fingerprint density at radius 3 is 2.26 bits per heavy atom. The van der Waals surface area contributed by atoms with Crippen LogP contribution in [0, 0.1) is 6.92 Å². The summed E-state index contributed by atoms with van der Waals surface area (Å²) in [6, 6.07) is 21.2. The molecule has 134 valence electrons. The maximum atomic E-state index is 13.1. The zero-order valence-corrected chi connectivity index (χ0v) is 15.5. The Balaban J connectivity index is 1.65. The lowest BCUT2D eigenvalue weighted by atomic mass is 10.0. The molecule has 0 heterocycles. The van der Waals surface area contributed by atoms with E-state index in [9.17, 15) is 9.59 Å². The highest BCUT2D eigenvalue weighted by molar-refractivity contribution is 6.22. The molecule has 0 saturated heterocycles. The molecule has 1 aliphatic carbocycles. The summed E-state index contributed by atoms with van der Waals surface area (Å²) in [5.41, 5.74) is 6.06. The highest BCUT2D eigenvalue weighted by Gasteiger charge is 2.27. The molecular formula is C24H21NO2. The van der Waals surface area contributed by atoms with Crippen LogP contribution in [0.15, 0.2) is 66.7 Å². The summed E-state index contributed by atoms with van der Waals surface area (Å²) in [4.78, 5) is 27.6. The van der Waals surface area contributed by atoms with E-state index in [1.807, 2.05) is 66.4 Å². The fourth-order valence-corrected chi connectivity index (χ4v) is 3.66. The second-order valence-electron chi connectivity index (χ2n) is 6.88. The molecule has 0 radical (unpaired) electrons. The van der Waals surface area contributed by atoms with Crippen LogP contribution in [-0.4, -0.2) is 23.1 Å². The number of carbonyl (C=O) groups excluding carboxylic acids is 2. The Bertz CT molecular complexity index is 1050. The van der Waals surface area contributed by atoms with Crippen molar-refractivity contribution >= 4 is 11.7 Å². The van der Waals surface area contributed by atoms with Gasteiger partial charge in [0, 0.05) is 29.8 Å². The summed E-state index contributed by atoms with van der Waals surface area (Å²) >= 11 is 0. The lowest BCUT2D eigenvalue weighted by Gasteiger charge is -2.22. The largest absolute Gasteiger partial charge is 0.335 e. The molecule has 27 heavy (non-hydrogen) atoms. The number of carbonyl (C=O) groups is 2. The van der Waals surface area contributed by atoms with Crippen LogP contribution in [0.1, 0.15) is 44.3 Å². The number of nitrogens with zero attached hydrogens (tertiary/aromatic N) is 1. The van der Waals surface area contributed by atoms with Gasteiger partial charge in [-0.3, -0.25) is 9.59 Å². The Morgan fingerprint density at radius 1 is 0.852 bits per heavy atom. The molecule has 3 aromatic rings. The van der Waals surface area contributed by atoms with Crippen LogP contribution in [-0.2, 0) is 6.54 Å². The average molecular weight is 355 g/mol. The first kappa shape index (κ1) is 17.2. The van der Waals surface area contributed by atoms with Crippen LogP contribution < -0.4 is 0 Å². The molecule has 0 saturated carbocycles. The van der Waals surface area contributed by atoms with Gasteiger partial charge >= 0.3 is 0 Å². The summed E-state index contributed by atoms with van der Waals surface area (Å²) in [6.45, 7) is 5.20. The van der Waals surface area contributed by atoms with E-state index in [1.54, 1.807) is 6.07 Å². The number of amides is 1. The van der Waals surface area contributed by atoms with Gasteiger partial charge in [0.25, 0.3) is 5.91 Å². The number of rotatable bonds is 4. The van der Waals surface area contributed by atoms with E-state index in [-0.39, 0.29) is 11.7 Å². The van der Waals surface area contributed by atoms with E-state index in [1.165, 1.54) is 5.56 Å². The van der Waals surface area contributed by atoms with E-state index in [0.717, 1.165) is 16.7 Å². The molecule has 0 spiro atoms. The van der Waals surface area contributed by atoms with Crippen molar-refractivity contribution in [2.75, 3.05) is 6.54 Å². The maximum Gasteiger partial charge on any atom is 0.254 e. The van der Waals surface area contributed by atoms with E-state index in [4.69, 9.17) is 0 Å². The van der Waals surface area contributed by atoms with Gasteiger partial charge in [-0.1, -0.05) is 54.6 Å². The summed E-state index contributed by atoms with van der Waals surface area (Å²) < 4.78 is 0. The van der Waals surface area contributed by atoms with Crippen LogP contribution in [0.25, 0.3) is 11.1 Å². The first-order valence-corrected chi connectivity index (χ1v) is 9.22. The number of aryl methyl sites for hydroxylation is 1. The smallest absolute Gasteiger partial charge is 0.254 e. The predicted molar refractivity (Wildman–Crippen MR) is 107 cm³/mol. The van der Waals surface area contributed by atoms with Gasteiger partial charge < -0.3 is 4.90 Å². The van der Waals surface area contributed by atoms with Gasteiger partial charge in [-0.2, -0.15) is 0 Å². The third-order valence-corrected chi connectivity index (χ3v) is 5.26. The second-order valence-corrected chi connectivity index (χ2v) is 6.88. The van der Waals surface area contributed by atoms with Crippen LogP contribution >= 0.6 is 0 Å². The predicted octanol–water partition coefficient (Wildman–Crippen LogP) is 4.87. The zero-order valence-electron chi connectivity index (χ0n) is 15.5. The van der Waals surface area contributed by atoms with Crippen molar-refractivity contribution < 1.29 is 9.59 Å². The molecule has 0 fully saturated rings. The minimum Gasteiger partial charge on any atom is -0.335 e. The maximum absolute atomic E-state index is 13.1. The van der Waals surface area contributed by atoms with Gasteiger partial charge in [0.05, 0.1) is 0 Å². The Labute approximate surface area is 159 Å². The molecule has 0 aromatic heterocycles. The number of hydrogen-bond donors (Lipinski definition) is 0. The normalized spacial score (nSPS) is 11.9. The van der Waals surface area contributed by atoms with Crippen molar-refractivity contribution in [1.29, 1.82) is 0 Å². The molecule has 0 N–H and O–H groups in total. The van der Waals surface area contributed by atoms with E-state index in [2.05, 4.69) is 13.0 Å². The number of ketones is 1. The van der Waals surface area contributed by atoms with Gasteiger partial charge in [0.1, 0.15) is 0 Å². The molecule has 4 rings (SSSR count). The number of hydrogen-bond acceptors (Lipinski definition) is 2. The van der Waals surface area contributed by atoms with Crippen molar-refractivity contribution in [3.8, 4) is 11.1 Å². The molecule has 1 amide bonds. The highest BCUT2D eigenvalue weighted by atomic mass is 16.2. The highest BCUT2D eigenvalue weighted by Crippen LogP contribution is 2.36. The Morgan fingerprint density at radius 2 is 1.52 bits per heavy atom. The van der Waals surface area contributed by atoms with Crippen molar-refractivity contribution in [2.45, 2.75) is 20.4 Å². The Hall–Kier alpha value is -3.20. The van der Waals surface area contributed by atoms with Crippen molar-refractivity contribution in [3.63, 3.8) is 0 Å². The summed E-state index contributed by atoms with van der Waals surface area (Å²) in [5.74, 6) is -0.0514. The van der Waals surface area contributed by atoms with Crippen molar-refractivity contribution in [3.05, 3.63) is 94.5 Å². The molecule has 0 unspecified atom stereocenters. The van der Waals surface area contributed by atoms with Crippen molar-refractivity contribution in [2.24, 2.45) is 0 Å². The minimum absolute atomic E-state index is 0.00259. The summed E-state index contributed by atoms with van der Waals surface area (Å²) in [6.07, 6.45) is 0. The van der Waals surface area contributed by atoms with E-state index < -0.39 is 0 Å². The van der Waals surface area contributed by atoms with Crippen LogP contribution in [0.5, 0.6) is 0 Å². The number of fused-ring (bicyclic) bond motifs is 3. The fraction of sp³-hybridized carbons (Fsp3) is 0.167. The van der Waals surface area contributed by atoms with Gasteiger partial charge in [-0.05, 0) is 48.2 Å². The number of benzene rings is 3. The van der Waals surface area contributed by atoms with Crippen LogP contribution in [0.2, 0.25) is 0 Å². The lowest BCUT2D eigenvalue weighted by molar-refractivity contribution is 0.0752. The SMILES string of the molecule is CCN(Cc1ccccc1C)C(=O)c1ccc2c(c1)C(=O)c1ccccc1-2. The third-order valence-electron chi connectivity index (χ3n) is 5.26. The third kappa shape index (κ3) is 2.95. The first-order chi connectivity index (χ1) is 13.1. The Kier molecular flexibility index (Phi) is 4.36. The zero-order chi connectivity index (χ0) is 19.0. The van der Waals surface area contributed by atoms with Crippen LogP contribution in [0.4, 0.5) is 0 Å². The van der Waals surface area contributed by atoms with E-state index >= 15 is 0 Å². The molecule has 3 aromatic carbocycles. The van der Waals surface area contributed by atoms with Crippen molar-refractivity contribution in [1.82, 2.24) is 4.90 Å². The molecule has 1 aliphatic rings. The molecule has 3 nitrogen and oxygen atoms in total. The topological polar surface area (TPSA) is 37.4 Å². The molecule has 0 aliphatic heterocycles. The fourth-order valence-electron chi connectivity index (χ4n) is 3.66. The quantitative estimate of drug-likeness (QED) is 0.524. The summed E-state index contributed by atoms with van der Waals surface area (Å²) in [5, 5.41) is 0. The summed E-state index contributed by atoms with van der Waals surface area (Å²) in [7, 11) is 0. The average Bonchev–Trinajstić information content (AvgIpc) is 2.99. The molecule has 3 heteroatoms. The second kappa shape index (κ2) is 6.84. The van der Waals surface area contributed by atoms with Gasteiger partial charge in [0.2, 0.25) is 0 Å². The van der Waals surface area contributed by atoms with Gasteiger partial charge in [-0.15, -0.1) is 0 Å². The molecular weight excluding hydrogens is 334 g/mol. The monoisotopic (exact) mass is 355 g/mol. The van der Waals surface area contributed by atoms with E-state index in [0.29, 0.717) is 29.8 Å². The minimum atomic E-state index is -0.0488. The standard InChI is InChI=1S/C24H21NO2/c1-3-25(15-18-9-5-4-8-16(18)2)24(27)17-12-13-20-19-10-6-7-11-21(19)23(26)22(20)14-17/h4-14H,3,15H2,1-2H3.